The molecular formula is C21H17ClN2O2. The van der Waals surface area contributed by atoms with Crippen LogP contribution in [0.15, 0.2) is 84.0 Å². The van der Waals surface area contributed by atoms with Crippen molar-refractivity contribution in [3.8, 4) is 16.9 Å². The van der Waals surface area contributed by atoms with E-state index in [1.807, 2.05) is 42.5 Å². The van der Waals surface area contributed by atoms with E-state index in [0.29, 0.717) is 10.8 Å². The number of nitrogens with one attached hydrogen (secondary N) is 1. The summed E-state index contributed by atoms with van der Waals surface area (Å²) in [5, 5.41) is 4.40. The summed E-state index contributed by atoms with van der Waals surface area (Å²) in [4.78, 5) is 11.8. The molecule has 3 aromatic carbocycles. The molecule has 0 unspecified atom stereocenters. The second-order valence-corrected chi connectivity index (χ2v) is 5.91. The summed E-state index contributed by atoms with van der Waals surface area (Å²) in [7, 11) is 0. The molecule has 1 N–H and O–H groups in total. The van der Waals surface area contributed by atoms with E-state index in [4.69, 9.17) is 16.3 Å². The van der Waals surface area contributed by atoms with Crippen LogP contribution < -0.4 is 10.2 Å². The van der Waals surface area contributed by atoms with Gasteiger partial charge >= 0.3 is 0 Å². The van der Waals surface area contributed by atoms with Crippen molar-refractivity contribution in [3.05, 3.63) is 89.4 Å². The summed E-state index contributed by atoms with van der Waals surface area (Å²) in [5.74, 6) is 0.104. The van der Waals surface area contributed by atoms with E-state index >= 15 is 0 Å². The molecule has 0 bridgehead atoms. The lowest BCUT2D eigenvalue weighted by atomic mass is 10.0. The number of carbonyl (C=O) groups excluding carboxylic acids is 1. The summed E-state index contributed by atoms with van der Waals surface area (Å²) in [5.41, 5.74) is 5.59. The Morgan fingerprint density at radius 3 is 2.31 bits per heavy atom. The van der Waals surface area contributed by atoms with Crippen molar-refractivity contribution in [2.24, 2.45) is 5.10 Å². The van der Waals surface area contributed by atoms with Crippen molar-refractivity contribution < 1.29 is 9.53 Å². The van der Waals surface area contributed by atoms with Crippen molar-refractivity contribution in [3.63, 3.8) is 0 Å². The molecule has 0 aliphatic heterocycles. The first-order valence-corrected chi connectivity index (χ1v) is 8.45. The van der Waals surface area contributed by atoms with E-state index in [1.165, 1.54) is 0 Å². The second kappa shape index (κ2) is 8.83. The molecular weight excluding hydrogens is 348 g/mol. The Bertz CT molecular complexity index is 893. The molecule has 0 aliphatic carbocycles. The topological polar surface area (TPSA) is 50.7 Å². The zero-order valence-corrected chi connectivity index (χ0v) is 14.7. The van der Waals surface area contributed by atoms with Crippen LogP contribution in [0.3, 0.4) is 0 Å². The highest BCUT2D eigenvalue weighted by molar-refractivity contribution is 6.32. The number of amides is 1. The van der Waals surface area contributed by atoms with Crippen molar-refractivity contribution in [2.75, 3.05) is 6.61 Å². The Morgan fingerprint density at radius 1 is 0.923 bits per heavy atom. The van der Waals surface area contributed by atoms with Crippen LogP contribution in [0.2, 0.25) is 5.02 Å². The van der Waals surface area contributed by atoms with E-state index in [0.717, 1.165) is 16.7 Å². The molecule has 0 atom stereocenters. The van der Waals surface area contributed by atoms with Crippen LogP contribution in [0.25, 0.3) is 11.1 Å². The van der Waals surface area contributed by atoms with Gasteiger partial charge in [0.05, 0.1) is 11.2 Å². The molecule has 1 amide bonds. The third-order valence-electron chi connectivity index (χ3n) is 3.62. The molecule has 0 radical (unpaired) electrons. The highest BCUT2D eigenvalue weighted by atomic mass is 35.5. The molecule has 0 heterocycles. The molecule has 3 aromatic rings. The Labute approximate surface area is 157 Å². The van der Waals surface area contributed by atoms with Crippen molar-refractivity contribution >= 4 is 23.7 Å². The smallest absolute Gasteiger partial charge is 0.277 e. The standard InChI is InChI=1S/C21H17ClN2O2/c22-19-8-4-5-9-20(19)26-15-21(25)24-23-14-16-10-12-18(13-11-16)17-6-2-1-3-7-17/h1-14H,15H2,(H,24,25)/b23-14+. The number of carbonyl (C=O) groups is 1. The normalized spacial score (nSPS) is 10.7. The van der Waals surface area contributed by atoms with Crippen LogP contribution in [-0.2, 0) is 4.79 Å². The summed E-state index contributed by atoms with van der Waals surface area (Å²) in [6, 6.07) is 25.0. The van der Waals surface area contributed by atoms with Gasteiger partial charge in [0, 0.05) is 0 Å². The van der Waals surface area contributed by atoms with E-state index < -0.39 is 0 Å². The van der Waals surface area contributed by atoms with Crippen LogP contribution in [0, 0.1) is 0 Å². The van der Waals surface area contributed by atoms with Gasteiger partial charge in [0.25, 0.3) is 5.91 Å². The third-order valence-corrected chi connectivity index (χ3v) is 3.93. The van der Waals surface area contributed by atoms with Gasteiger partial charge in [0.1, 0.15) is 5.75 Å². The fraction of sp³-hybridized carbons (Fsp3) is 0.0476. The molecule has 0 fully saturated rings. The summed E-state index contributed by atoms with van der Waals surface area (Å²) in [6.45, 7) is -0.159. The molecule has 0 aliphatic rings. The SMILES string of the molecule is O=C(COc1ccccc1Cl)N/N=C/c1ccc(-c2ccccc2)cc1. The molecule has 3 rings (SSSR count). The van der Waals surface area contributed by atoms with Crippen LogP contribution >= 0.6 is 11.6 Å². The lowest BCUT2D eigenvalue weighted by Crippen LogP contribution is -2.24. The maximum absolute atomic E-state index is 11.8. The lowest BCUT2D eigenvalue weighted by molar-refractivity contribution is -0.123. The van der Waals surface area contributed by atoms with E-state index in [9.17, 15) is 4.79 Å². The molecule has 0 aromatic heterocycles. The molecule has 0 saturated carbocycles. The zero-order chi connectivity index (χ0) is 18.2. The van der Waals surface area contributed by atoms with Gasteiger partial charge in [0.2, 0.25) is 0 Å². The predicted octanol–water partition coefficient (Wildman–Crippen LogP) is 4.54. The minimum absolute atomic E-state index is 0.159. The average Bonchev–Trinajstić information content (AvgIpc) is 2.69. The van der Waals surface area contributed by atoms with Crippen LogP contribution in [0.4, 0.5) is 0 Å². The van der Waals surface area contributed by atoms with Crippen molar-refractivity contribution in [1.29, 1.82) is 0 Å². The first-order chi connectivity index (χ1) is 12.7. The van der Waals surface area contributed by atoms with Gasteiger partial charge in [0.15, 0.2) is 6.61 Å². The van der Waals surface area contributed by atoms with Gasteiger partial charge in [-0.2, -0.15) is 5.10 Å². The highest BCUT2D eigenvalue weighted by Gasteiger charge is 2.04. The number of halogens is 1. The van der Waals surface area contributed by atoms with Crippen molar-refractivity contribution in [1.82, 2.24) is 5.43 Å². The number of benzene rings is 3. The fourth-order valence-corrected chi connectivity index (χ4v) is 2.50. The minimum atomic E-state index is -0.359. The third kappa shape index (κ3) is 4.94. The van der Waals surface area contributed by atoms with Crippen molar-refractivity contribution in [2.45, 2.75) is 0 Å². The van der Waals surface area contributed by atoms with E-state index in [-0.39, 0.29) is 12.5 Å². The maximum atomic E-state index is 11.8. The van der Waals surface area contributed by atoms with Crippen LogP contribution in [0.5, 0.6) is 5.75 Å². The predicted molar refractivity (Wildman–Crippen MR) is 105 cm³/mol. The van der Waals surface area contributed by atoms with Gasteiger partial charge in [-0.3, -0.25) is 4.79 Å². The average molecular weight is 365 g/mol. The van der Waals surface area contributed by atoms with E-state index in [1.54, 1.807) is 30.5 Å². The fourth-order valence-electron chi connectivity index (χ4n) is 2.31. The Morgan fingerprint density at radius 2 is 1.58 bits per heavy atom. The Kier molecular flexibility index (Phi) is 6.01. The first-order valence-electron chi connectivity index (χ1n) is 8.07. The summed E-state index contributed by atoms with van der Waals surface area (Å²) in [6.07, 6.45) is 1.59. The minimum Gasteiger partial charge on any atom is -0.482 e. The molecule has 0 spiro atoms. The number of hydrogen-bond acceptors (Lipinski definition) is 3. The molecule has 0 saturated heterocycles. The first kappa shape index (κ1) is 17.7. The zero-order valence-electron chi connectivity index (χ0n) is 13.9. The monoisotopic (exact) mass is 364 g/mol. The van der Waals surface area contributed by atoms with E-state index in [2.05, 4.69) is 22.7 Å². The van der Waals surface area contributed by atoms with Gasteiger partial charge in [-0.1, -0.05) is 78.3 Å². The van der Waals surface area contributed by atoms with Gasteiger partial charge < -0.3 is 4.74 Å². The summed E-state index contributed by atoms with van der Waals surface area (Å²) >= 11 is 5.96. The summed E-state index contributed by atoms with van der Waals surface area (Å²) < 4.78 is 5.35. The number of rotatable bonds is 6. The van der Waals surface area contributed by atoms with Crippen LogP contribution in [-0.4, -0.2) is 18.7 Å². The maximum Gasteiger partial charge on any atom is 0.277 e. The number of ether oxygens (including phenoxy) is 1. The Hall–Kier alpha value is -3.11. The molecule has 4 nitrogen and oxygen atoms in total. The lowest BCUT2D eigenvalue weighted by Gasteiger charge is -2.06. The molecule has 5 heteroatoms. The number of hydrazone groups is 1. The molecule has 130 valence electrons. The van der Waals surface area contributed by atoms with Gasteiger partial charge in [-0.25, -0.2) is 5.43 Å². The second-order valence-electron chi connectivity index (χ2n) is 5.50. The number of nitrogens with zero attached hydrogens (tertiary/aromatic N) is 1. The van der Waals surface area contributed by atoms with Gasteiger partial charge in [-0.05, 0) is 28.8 Å². The van der Waals surface area contributed by atoms with Crippen LogP contribution in [0.1, 0.15) is 5.56 Å². The highest BCUT2D eigenvalue weighted by Crippen LogP contribution is 2.22. The Balaban J connectivity index is 1.50. The quantitative estimate of drug-likeness (QED) is 0.516. The molecule has 26 heavy (non-hydrogen) atoms. The largest absolute Gasteiger partial charge is 0.482 e. The van der Waals surface area contributed by atoms with Gasteiger partial charge in [-0.15, -0.1) is 0 Å². The number of para-hydroxylation sites is 1. The number of hydrogen-bond donors (Lipinski definition) is 1.